The van der Waals surface area contributed by atoms with Crippen LogP contribution in [0.3, 0.4) is 0 Å². The molecular formula is C12H13NO2. The molecule has 1 rings (SSSR count). The number of nitrogens with two attached hydrogens (primary N) is 1. The zero-order valence-corrected chi connectivity index (χ0v) is 8.57. The summed E-state index contributed by atoms with van der Waals surface area (Å²) >= 11 is 0. The molecule has 0 heterocycles. The van der Waals surface area contributed by atoms with E-state index in [4.69, 9.17) is 5.73 Å². The van der Waals surface area contributed by atoms with Crippen LogP contribution in [0.5, 0.6) is 0 Å². The fourth-order valence-corrected chi connectivity index (χ4v) is 1.25. The van der Waals surface area contributed by atoms with Crippen LogP contribution in [0.15, 0.2) is 24.3 Å². The Balaban J connectivity index is 2.91. The number of primary amides is 1. The number of amides is 1. The predicted molar refractivity (Wildman–Crippen MR) is 59.4 cm³/mol. The Labute approximate surface area is 88.6 Å². The van der Waals surface area contributed by atoms with Gasteiger partial charge < -0.3 is 5.73 Å². The minimum atomic E-state index is -0.383. The predicted octanol–water partition coefficient (Wildman–Crippen LogP) is 1.70. The standard InChI is InChI=1S/C12H13NO2/c1-9-5-6-11(8-14)10(7-9)3-2-4-12(13)15/h2-3,5-8H,4H2,1H3,(H2,13,15). The number of rotatable bonds is 4. The van der Waals surface area contributed by atoms with Crippen LogP contribution in [-0.4, -0.2) is 12.2 Å². The third-order valence-corrected chi connectivity index (χ3v) is 1.99. The lowest BCUT2D eigenvalue weighted by Gasteiger charge is -2.00. The second kappa shape index (κ2) is 5.10. The Morgan fingerprint density at radius 3 is 2.73 bits per heavy atom. The van der Waals surface area contributed by atoms with Crippen molar-refractivity contribution in [1.29, 1.82) is 0 Å². The maximum Gasteiger partial charge on any atom is 0.221 e. The second-order valence-corrected chi connectivity index (χ2v) is 3.32. The molecule has 0 atom stereocenters. The van der Waals surface area contributed by atoms with Crippen LogP contribution < -0.4 is 5.73 Å². The van der Waals surface area contributed by atoms with Gasteiger partial charge in [-0.3, -0.25) is 9.59 Å². The highest BCUT2D eigenvalue weighted by atomic mass is 16.1. The molecule has 2 N–H and O–H groups in total. The van der Waals surface area contributed by atoms with Crippen LogP contribution >= 0.6 is 0 Å². The molecule has 0 aliphatic rings. The van der Waals surface area contributed by atoms with Crippen LogP contribution in [-0.2, 0) is 4.79 Å². The van der Waals surface area contributed by atoms with Gasteiger partial charge in [-0.15, -0.1) is 0 Å². The van der Waals surface area contributed by atoms with Gasteiger partial charge in [-0.05, 0) is 12.5 Å². The average Bonchev–Trinajstić information content (AvgIpc) is 2.17. The van der Waals surface area contributed by atoms with Gasteiger partial charge in [0, 0.05) is 12.0 Å². The number of hydrogen-bond acceptors (Lipinski definition) is 2. The van der Waals surface area contributed by atoms with Crippen molar-refractivity contribution in [2.45, 2.75) is 13.3 Å². The lowest BCUT2D eigenvalue weighted by atomic mass is 10.0. The van der Waals surface area contributed by atoms with Crippen molar-refractivity contribution in [3.63, 3.8) is 0 Å². The van der Waals surface area contributed by atoms with Gasteiger partial charge in [0.15, 0.2) is 6.29 Å². The summed E-state index contributed by atoms with van der Waals surface area (Å²) in [5.41, 5.74) is 7.49. The number of carbonyl (C=O) groups is 2. The van der Waals surface area contributed by atoms with Crippen molar-refractivity contribution >= 4 is 18.3 Å². The molecule has 1 amide bonds. The normalized spacial score (nSPS) is 10.5. The molecule has 15 heavy (non-hydrogen) atoms. The van der Waals surface area contributed by atoms with Gasteiger partial charge in [-0.1, -0.05) is 35.9 Å². The minimum absolute atomic E-state index is 0.187. The molecular weight excluding hydrogens is 190 g/mol. The van der Waals surface area contributed by atoms with Gasteiger partial charge in [-0.25, -0.2) is 0 Å². The highest BCUT2D eigenvalue weighted by Gasteiger charge is 1.98. The summed E-state index contributed by atoms with van der Waals surface area (Å²) in [6.07, 6.45) is 4.38. The van der Waals surface area contributed by atoms with Gasteiger partial charge in [0.1, 0.15) is 0 Å². The van der Waals surface area contributed by atoms with E-state index < -0.39 is 0 Å². The molecule has 0 fully saturated rings. The third kappa shape index (κ3) is 3.38. The zero-order chi connectivity index (χ0) is 11.3. The average molecular weight is 203 g/mol. The van der Waals surface area contributed by atoms with E-state index in [1.54, 1.807) is 18.2 Å². The molecule has 0 spiro atoms. The second-order valence-electron chi connectivity index (χ2n) is 3.32. The van der Waals surface area contributed by atoms with Gasteiger partial charge in [-0.2, -0.15) is 0 Å². The first kappa shape index (κ1) is 11.2. The van der Waals surface area contributed by atoms with Gasteiger partial charge in [0.05, 0.1) is 0 Å². The van der Waals surface area contributed by atoms with E-state index in [2.05, 4.69) is 0 Å². The van der Waals surface area contributed by atoms with Crippen LogP contribution in [0.1, 0.15) is 27.9 Å². The Hall–Kier alpha value is -1.90. The third-order valence-electron chi connectivity index (χ3n) is 1.99. The van der Waals surface area contributed by atoms with E-state index in [9.17, 15) is 9.59 Å². The number of aryl methyl sites for hydroxylation is 1. The highest BCUT2D eigenvalue weighted by molar-refractivity contribution is 5.83. The summed E-state index contributed by atoms with van der Waals surface area (Å²) < 4.78 is 0. The lowest BCUT2D eigenvalue weighted by Crippen LogP contribution is -2.07. The van der Waals surface area contributed by atoms with Crippen molar-refractivity contribution in [3.05, 3.63) is 41.0 Å². The van der Waals surface area contributed by atoms with Crippen LogP contribution in [0.25, 0.3) is 6.08 Å². The van der Waals surface area contributed by atoms with Crippen LogP contribution in [0.4, 0.5) is 0 Å². The first-order valence-corrected chi connectivity index (χ1v) is 4.64. The monoisotopic (exact) mass is 203 g/mol. The summed E-state index contributed by atoms with van der Waals surface area (Å²) in [7, 11) is 0. The molecule has 1 aromatic carbocycles. The van der Waals surface area contributed by atoms with Gasteiger partial charge >= 0.3 is 0 Å². The molecule has 0 radical (unpaired) electrons. The SMILES string of the molecule is Cc1ccc(C=O)c(C=CCC(N)=O)c1. The molecule has 0 saturated heterocycles. The maximum atomic E-state index is 10.7. The first-order chi connectivity index (χ1) is 7.13. The van der Waals surface area contributed by atoms with E-state index in [1.165, 1.54) is 0 Å². The quantitative estimate of drug-likeness (QED) is 0.757. The van der Waals surface area contributed by atoms with Crippen LogP contribution in [0.2, 0.25) is 0 Å². The molecule has 78 valence electrons. The number of carbonyl (C=O) groups excluding carboxylic acids is 2. The van der Waals surface area contributed by atoms with E-state index >= 15 is 0 Å². The van der Waals surface area contributed by atoms with Crippen molar-refractivity contribution in [3.8, 4) is 0 Å². The summed E-state index contributed by atoms with van der Waals surface area (Å²) in [6.45, 7) is 1.94. The smallest absolute Gasteiger partial charge is 0.221 e. The van der Waals surface area contributed by atoms with E-state index in [-0.39, 0.29) is 12.3 Å². The molecule has 0 saturated carbocycles. The molecule has 0 unspecified atom stereocenters. The fraction of sp³-hybridized carbons (Fsp3) is 0.167. The van der Waals surface area contributed by atoms with E-state index in [0.717, 1.165) is 17.4 Å². The summed E-state index contributed by atoms with van der Waals surface area (Å²) in [4.78, 5) is 21.2. The fourth-order valence-electron chi connectivity index (χ4n) is 1.25. The van der Waals surface area contributed by atoms with Crippen LogP contribution in [0, 0.1) is 6.92 Å². The molecule has 0 aromatic heterocycles. The Morgan fingerprint density at radius 2 is 2.13 bits per heavy atom. The Kier molecular flexibility index (Phi) is 3.80. The summed E-state index contributed by atoms with van der Waals surface area (Å²) in [6, 6.07) is 5.52. The molecule has 3 heteroatoms. The molecule has 0 bridgehead atoms. The highest BCUT2D eigenvalue weighted by Crippen LogP contribution is 2.11. The van der Waals surface area contributed by atoms with Crippen molar-refractivity contribution in [1.82, 2.24) is 0 Å². The molecule has 3 nitrogen and oxygen atoms in total. The zero-order valence-electron chi connectivity index (χ0n) is 8.57. The summed E-state index contributed by atoms with van der Waals surface area (Å²) in [5, 5.41) is 0. The Bertz CT molecular complexity index is 408. The molecule has 0 aliphatic heterocycles. The lowest BCUT2D eigenvalue weighted by molar-refractivity contribution is -0.117. The number of benzene rings is 1. The summed E-state index contributed by atoms with van der Waals surface area (Å²) in [5.74, 6) is -0.383. The largest absolute Gasteiger partial charge is 0.369 e. The van der Waals surface area contributed by atoms with E-state index in [0.29, 0.717) is 5.56 Å². The number of hydrogen-bond donors (Lipinski definition) is 1. The van der Waals surface area contributed by atoms with Gasteiger partial charge in [0.25, 0.3) is 0 Å². The van der Waals surface area contributed by atoms with Crippen molar-refractivity contribution in [2.24, 2.45) is 5.73 Å². The van der Waals surface area contributed by atoms with E-state index in [1.807, 2.05) is 19.1 Å². The molecule has 0 aliphatic carbocycles. The Morgan fingerprint density at radius 1 is 1.40 bits per heavy atom. The van der Waals surface area contributed by atoms with Gasteiger partial charge in [0.2, 0.25) is 5.91 Å². The van der Waals surface area contributed by atoms with Crippen molar-refractivity contribution in [2.75, 3.05) is 0 Å². The minimum Gasteiger partial charge on any atom is -0.369 e. The van der Waals surface area contributed by atoms with Crippen molar-refractivity contribution < 1.29 is 9.59 Å². The maximum absolute atomic E-state index is 10.7. The molecule has 1 aromatic rings. The first-order valence-electron chi connectivity index (χ1n) is 4.64. The number of aldehydes is 1. The topological polar surface area (TPSA) is 60.2 Å².